The molecule has 0 radical (unpaired) electrons. The number of rotatable bonds is 3. The van der Waals surface area contributed by atoms with Gasteiger partial charge in [0.15, 0.2) is 0 Å². The normalized spacial score (nSPS) is 30.9. The third-order valence-corrected chi connectivity index (χ3v) is 5.02. The summed E-state index contributed by atoms with van der Waals surface area (Å²) < 4.78 is 0. The molecule has 1 aromatic heterocycles. The Hall–Kier alpha value is -2.50. The number of fused-ring (bicyclic) bond motifs is 5. The highest BCUT2D eigenvalue weighted by Gasteiger charge is 2.59. The van der Waals surface area contributed by atoms with E-state index in [2.05, 4.69) is 10.3 Å². The summed E-state index contributed by atoms with van der Waals surface area (Å²) in [6.45, 7) is 1.59. The Bertz CT molecular complexity index is 712. The molecule has 1 aromatic rings. The highest BCUT2D eigenvalue weighted by Crippen LogP contribution is 2.52. The van der Waals surface area contributed by atoms with E-state index in [9.17, 15) is 14.4 Å². The van der Waals surface area contributed by atoms with Gasteiger partial charge in [-0.25, -0.2) is 4.98 Å². The summed E-state index contributed by atoms with van der Waals surface area (Å²) in [5.74, 6) is -0.583. The van der Waals surface area contributed by atoms with Gasteiger partial charge in [0, 0.05) is 5.69 Å². The lowest BCUT2D eigenvalue weighted by Crippen LogP contribution is -2.39. The van der Waals surface area contributed by atoms with E-state index in [0.717, 1.165) is 17.0 Å². The number of allylic oxidation sites excluding steroid dienone is 2. The zero-order valence-corrected chi connectivity index (χ0v) is 12.7. The number of carbonyl (C=O) groups excluding carboxylic acids is 3. The lowest BCUT2D eigenvalue weighted by atomic mass is 9.85. The number of nitrogens with one attached hydrogen (secondary N) is 1. The molecule has 1 saturated carbocycles. The molecule has 3 aliphatic rings. The number of hydrogen-bond acceptors (Lipinski definition) is 4. The van der Waals surface area contributed by atoms with Crippen LogP contribution in [0.5, 0.6) is 0 Å². The second kappa shape index (κ2) is 5.01. The Labute approximate surface area is 133 Å². The summed E-state index contributed by atoms with van der Waals surface area (Å²) in [5, 5.41) is 2.64. The van der Waals surface area contributed by atoms with Gasteiger partial charge in [0.25, 0.3) is 0 Å². The molecule has 6 heteroatoms. The fraction of sp³-hybridized carbons (Fsp3) is 0.412. The van der Waals surface area contributed by atoms with Crippen molar-refractivity contribution in [3.05, 3.63) is 36.0 Å². The monoisotopic (exact) mass is 311 g/mol. The quantitative estimate of drug-likeness (QED) is 0.670. The van der Waals surface area contributed by atoms with Gasteiger partial charge in [0.2, 0.25) is 17.7 Å². The van der Waals surface area contributed by atoms with Crippen LogP contribution in [0.2, 0.25) is 0 Å². The average Bonchev–Trinajstić information content (AvgIpc) is 3.17. The van der Waals surface area contributed by atoms with Crippen LogP contribution in [0.15, 0.2) is 30.4 Å². The minimum Gasteiger partial charge on any atom is -0.309 e. The molecule has 23 heavy (non-hydrogen) atoms. The van der Waals surface area contributed by atoms with E-state index in [-0.39, 0.29) is 42.0 Å². The fourth-order valence-electron chi connectivity index (χ4n) is 4.06. The number of aromatic nitrogens is 1. The number of aryl methyl sites for hydroxylation is 1. The van der Waals surface area contributed by atoms with E-state index < -0.39 is 5.91 Å². The number of nitrogens with zero attached hydrogens (tertiary/aromatic N) is 2. The molecular formula is C17H17N3O3. The molecule has 2 bridgehead atoms. The average molecular weight is 311 g/mol. The van der Waals surface area contributed by atoms with Crippen LogP contribution in [0, 0.1) is 30.6 Å². The van der Waals surface area contributed by atoms with Gasteiger partial charge in [-0.2, -0.15) is 0 Å². The highest BCUT2D eigenvalue weighted by molar-refractivity contribution is 6.09. The zero-order valence-electron chi connectivity index (χ0n) is 12.7. The Morgan fingerprint density at radius 3 is 2.48 bits per heavy atom. The van der Waals surface area contributed by atoms with Crippen molar-refractivity contribution < 1.29 is 14.4 Å². The van der Waals surface area contributed by atoms with Crippen molar-refractivity contribution in [1.29, 1.82) is 0 Å². The smallest absolute Gasteiger partial charge is 0.245 e. The molecule has 2 fully saturated rings. The second-order valence-corrected chi connectivity index (χ2v) is 6.47. The van der Waals surface area contributed by atoms with Crippen LogP contribution in [0.3, 0.4) is 0 Å². The van der Waals surface area contributed by atoms with Crippen LogP contribution in [0.1, 0.15) is 12.1 Å². The molecule has 2 heterocycles. The van der Waals surface area contributed by atoms with E-state index in [4.69, 9.17) is 0 Å². The maximum absolute atomic E-state index is 12.5. The van der Waals surface area contributed by atoms with Gasteiger partial charge in [0.1, 0.15) is 12.4 Å². The lowest BCUT2D eigenvalue weighted by molar-refractivity contribution is -0.143. The van der Waals surface area contributed by atoms with E-state index in [0.29, 0.717) is 5.82 Å². The molecule has 1 aliphatic heterocycles. The molecule has 1 saturated heterocycles. The molecule has 0 aromatic carbocycles. The number of amides is 3. The van der Waals surface area contributed by atoms with E-state index in [1.54, 1.807) is 12.1 Å². The van der Waals surface area contributed by atoms with Gasteiger partial charge in [-0.05, 0) is 37.3 Å². The number of carbonyl (C=O) groups is 3. The molecule has 118 valence electrons. The second-order valence-electron chi connectivity index (χ2n) is 6.47. The summed E-state index contributed by atoms with van der Waals surface area (Å²) in [6.07, 6.45) is 4.97. The maximum atomic E-state index is 12.5. The number of anilines is 1. The minimum absolute atomic E-state index is 0.160. The lowest BCUT2D eigenvalue weighted by Gasteiger charge is -2.16. The van der Waals surface area contributed by atoms with E-state index in [1.165, 1.54) is 0 Å². The third kappa shape index (κ3) is 2.17. The van der Waals surface area contributed by atoms with Crippen molar-refractivity contribution in [2.75, 3.05) is 11.9 Å². The predicted octanol–water partition coefficient (Wildman–Crippen LogP) is 1.14. The van der Waals surface area contributed by atoms with Crippen molar-refractivity contribution in [3.8, 4) is 0 Å². The number of likely N-dealkylation sites (tertiary alicyclic amines) is 1. The molecular weight excluding hydrogens is 294 g/mol. The first-order valence-corrected chi connectivity index (χ1v) is 7.81. The summed E-state index contributed by atoms with van der Waals surface area (Å²) in [5.41, 5.74) is 0.785. The molecule has 1 N–H and O–H groups in total. The van der Waals surface area contributed by atoms with E-state index in [1.807, 2.05) is 25.1 Å². The largest absolute Gasteiger partial charge is 0.309 e. The van der Waals surface area contributed by atoms with Gasteiger partial charge < -0.3 is 5.32 Å². The molecule has 4 rings (SSSR count). The predicted molar refractivity (Wildman–Crippen MR) is 82.0 cm³/mol. The fourth-order valence-corrected chi connectivity index (χ4v) is 4.06. The summed E-state index contributed by atoms with van der Waals surface area (Å²) in [7, 11) is 0. The standard InChI is InChI=1S/C17H17N3O3/c1-9-3-2-4-12(18-9)19-13(21)8-20-16(22)14-10-5-6-11(7-10)15(14)17(20)23/h2-6,10-11,14-15H,7-8H2,1H3,(H,18,19,21). The summed E-state index contributed by atoms with van der Waals surface area (Å²) in [4.78, 5) is 42.5. The number of imide groups is 1. The Kier molecular flexibility index (Phi) is 3.07. The van der Waals surface area contributed by atoms with Crippen molar-refractivity contribution in [2.24, 2.45) is 23.7 Å². The zero-order chi connectivity index (χ0) is 16.1. The van der Waals surface area contributed by atoms with Crippen molar-refractivity contribution >= 4 is 23.5 Å². The molecule has 0 spiro atoms. The Morgan fingerprint density at radius 1 is 1.22 bits per heavy atom. The first-order chi connectivity index (χ1) is 11.0. The van der Waals surface area contributed by atoms with Crippen molar-refractivity contribution in [2.45, 2.75) is 13.3 Å². The molecule has 4 unspecified atom stereocenters. The van der Waals surface area contributed by atoms with Gasteiger partial charge >= 0.3 is 0 Å². The van der Waals surface area contributed by atoms with Gasteiger partial charge in [-0.1, -0.05) is 18.2 Å². The van der Waals surface area contributed by atoms with Crippen LogP contribution in [-0.4, -0.2) is 34.2 Å². The van der Waals surface area contributed by atoms with E-state index >= 15 is 0 Å². The highest BCUT2D eigenvalue weighted by atomic mass is 16.2. The maximum Gasteiger partial charge on any atom is 0.245 e. The minimum atomic E-state index is -0.398. The van der Waals surface area contributed by atoms with Crippen molar-refractivity contribution in [1.82, 2.24) is 9.88 Å². The number of pyridine rings is 1. The van der Waals surface area contributed by atoms with Crippen LogP contribution >= 0.6 is 0 Å². The first kappa shape index (κ1) is 14.1. The summed E-state index contributed by atoms with van der Waals surface area (Å²) >= 11 is 0. The summed E-state index contributed by atoms with van der Waals surface area (Å²) in [6, 6.07) is 5.29. The number of hydrogen-bond donors (Lipinski definition) is 1. The van der Waals surface area contributed by atoms with Gasteiger partial charge in [-0.3, -0.25) is 19.3 Å². The molecule has 2 aliphatic carbocycles. The Morgan fingerprint density at radius 2 is 1.87 bits per heavy atom. The van der Waals surface area contributed by atoms with Crippen LogP contribution in [-0.2, 0) is 14.4 Å². The SMILES string of the molecule is Cc1cccc(NC(=O)CN2C(=O)C3C4C=CC(C4)C3C2=O)n1. The molecule has 6 nitrogen and oxygen atoms in total. The van der Waals surface area contributed by atoms with Crippen LogP contribution in [0.4, 0.5) is 5.82 Å². The van der Waals surface area contributed by atoms with Crippen molar-refractivity contribution in [3.63, 3.8) is 0 Å². The third-order valence-electron chi connectivity index (χ3n) is 5.02. The topological polar surface area (TPSA) is 79.4 Å². The first-order valence-electron chi connectivity index (χ1n) is 7.81. The molecule has 4 atom stereocenters. The van der Waals surface area contributed by atoms with Gasteiger partial charge in [0.05, 0.1) is 11.8 Å². The van der Waals surface area contributed by atoms with Crippen LogP contribution < -0.4 is 5.32 Å². The molecule has 3 amide bonds. The van der Waals surface area contributed by atoms with Gasteiger partial charge in [-0.15, -0.1) is 0 Å². The van der Waals surface area contributed by atoms with Crippen LogP contribution in [0.25, 0.3) is 0 Å². The Balaban J connectivity index is 1.46.